The maximum atomic E-state index is 12.0. The van der Waals surface area contributed by atoms with Crippen molar-refractivity contribution in [3.05, 3.63) is 11.7 Å². The minimum absolute atomic E-state index is 0.0209. The molecule has 0 bridgehead atoms. The molecular weight excluding hydrogens is 215 g/mol. The zero-order valence-electron chi connectivity index (χ0n) is 7.71. The van der Waals surface area contributed by atoms with Gasteiger partial charge in [-0.3, -0.25) is 0 Å². The van der Waals surface area contributed by atoms with Gasteiger partial charge in [0.25, 0.3) is 0 Å². The third-order valence-electron chi connectivity index (χ3n) is 1.51. The highest BCUT2D eigenvalue weighted by Gasteiger charge is 2.38. The second kappa shape index (κ2) is 5.08. The van der Waals surface area contributed by atoms with Crippen LogP contribution in [0.15, 0.2) is 4.52 Å². The van der Waals surface area contributed by atoms with Gasteiger partial charge in [-0.2, -0.15) is 18.2 Å². The van der Waals surface area contributed by atoms with Crippen LogP contribution in [0.1, 0.15) is 18.1 Å². The number of hydrogen-bond acceptors (Lipinski definition) is 5. The van der Waals surface area contributed by atoms with Gasteiger partial charge in [0, 0.05) is 6.61 Å². The van der Waals surface area contributed by atoms with E-state index < -0.39 is 12.1 Å². The number of aliphatic hydroxyl groups excluding tert-OH is 1. The fourth-order valence-corrected chi connectivity index (χ4v) is 0.845. The molecular formula is C7H10F3N3O2. The lowest BCUT2D eigenvalue weighted by molar-refractivity contribution is -0.159. The molecule has 0 aliphatic heterocycles. The first-order valence-corrected chi connectivity index (χ1v) is 4.25. The van der Waals surface area contributed by atoms with Gasteiger partial charge in [0.1, 0.15) is 0 Å². The lowest BCUT2D eigenvalue weighted by atomic mass is 10.4. The molecule has 0 amide bonds. The van der Waals surface area contributed by atoms with Crippen molar-refractivity contribution in [2.24, 2.45) is 0 Å². The smallest absolute Gasteiger partial charge is 0.396 e. The Morgan fingerprint density at radius 1 is 1.40 bits per heavy atom. The number of aliphatic hydroxyl groups is 1. The van der Waals surface area contributed by atoms with Crippen LogP contribution < -0.4 is 5.32 Å². The number of halogens is 3. The maximum Gasteiger partial charge on any atom is 0.471 e. The zero-order chi connectivity index (χ0) is 11.3. The Bertz CT molecular complexity index is 300. The molecule has 1 heterocycles. The monoisotopic (exact) mass is 225 g/mol. The van der Waals surface area contributed by atoms with Crippen molar-refractivity contribution in [2.45, 2.75) is 19.1 Å². The molecule has 0 radical (unpaired) electrons. The fraction of sp³-hybridized carbons (Fsp3) is 0.714. The average molecular weight is 225 g/mol. The topological polar surface area (TPSA) is 71.2 Å². The van der Waals surface area contributed by atoms with Gasteiger partial charge in [-0.05, 0) is 13.0 Å². The Labute approximate surface area is 83.3 Å². The summed E-state index contributed by atoms with van der Waals surface area (Å²) in [7, 11) is 0. The molecule has 0 saturated heterocycles. The number of alkyl halides is 3. The van der Waals surface area contributed by atoms with Crippen LogP contribution in [0.2, 0.25) is 0 Å². The summed E-state index contributed by atoms with van der Waals surface area (Å²) in [6.07, 6.45) is -4.08. The summed E-state index contributed by atoms with van der Waals surface area (Å²) in [6.45, 7) is 0.582. The molecule has 1 rings (SSSR count). The van der Waals surface area contributed by atoms with E-state index >= 15 is 0 Å². The summed E-state index contributed by atoms with van der Waals surface area (Å²) in [6, 6.07) is 0. The van der Waals surface area contributed by atoms with Crippen molar-refractivity contribution in [2.75, 3.05) is 13.2 Å². The van der Waals surface area contributed by atoms with Gasteiger partial charge in [-0.15, -0.1) is 0 Å². The van der Waals surface area contributed by atoms with Crippen LogP contribution in [0, 0.1) is 0 Å². The van der Waals surface area contributed by atoms with Gasteiger partial charge < -0.3 is 14.9 Å². The number of nitrogens with zero attached hydrogens (tertiary/aromatic N) is 2. The summed E-state index contributed by atoms with van der Waals surface area (Å²) >= 11 is 0. The quantitative estimate of drug-likeness (QED) is 0.716. The van der Waals surface area contributed by atoms with E-state index in [1.807, 2.05) is 0 Å². The molecule has 1 aromatic heterocycles. The molecule has 15 heavy (non-hydrogen) atoms. The molecule has 0 aliphatic carbocycles. The minimum Gasteiger partial charge on any atom is -0.396 e. The normalized spacial score (nSPS) is 12.0. The van der Waals surface area contributed by atoms with Gasteiger partial charge in [0.05, 0.1) is 6.54 Å². The second-order valence-electron chi connectivity index (χ2n) is 2.77. The number of nitrogens with one attached hydrogen (secondary N) is 1. The number of rotatable bonds is 5. The fourth-order valence-electron chi connectivity index (χ4n) is 0.845. The van der Waals surface area contributed by atoms with Gasteiger partial charge in [0.2, 0.25) is 0 Å². The first-order chi connectivity index (χ1) is 7.04. The van der Waals surface area contributed by atoms with E-state index in [2.05, 4.69) is 20.0 Å². The second-order valence-corrected chi connectivity index (χ2v) is 2.77. The summed E-state index contributed by atoms with van der Waals surface area (Å²) in [5, 5.41) is 14.3. The van der Waals surface area contributed by atoms with Gasteiger partial charge in [-0.25, -0.2) is 0 Å². The van der Waals surface area contributed by atoms with Gasteiger partial charge in [0.15, 0.2) is 5.82 Å². The molecule has 0 aromatic carbocycles. The summed E-state index contributed by atoms with van der Waals surface area (Å²) < 4.78 is 40.0. The lowest BCUT2D eigenvalue weighted by Crippen LogP contribution is -2.16. The van der Waals surface area contributed by atoms with Gasteiger partial charge >= 0.3 is 12.1 Å². The van der Waals surface area contributed by atoms with Crippen LogP contribution in [0.5, 0.6) is 0 Å². The molecule has 86 valence electrons. The van der Waals surface area contributed by atoms with E-state index in [1.165, 1.54) is 0 Å². The molecule has 2 N–H and O–H groups in total. The molecule has 0 spiro atoms. The Hall–Kier alpha value is -1.15. The first kappa shape index (κ1) is 11.9. The Morgan fingerprint density at radius 2 is 2.13 bits per heavy atom. The summed E-state index contributed by atoms with van der Waals surface area (Å²) in [4.78, 5) is 3.15. The molecule has 0 aliphatic rings. The standard InChI is InChI=1S/C7H10F3N3O2/c8-7(9,10)6-12-5(13-15-6)4-11-2-1-3-14/h11,14H,1-4H2. The summed E-state index contributed by atoms with van der Waals surface area (Å²) in [5.41, 5.74) is 0. The third kappa shape index (κ3) is 3.84. The van der Waals surface area contributed by atoms with Crippen LogP contribution in [0.3, 0.4) is 0 Å². The predicted octanol–water partition coefficient (Wildman–Crippen LogP) is 0.560. The molecule has 0 saturated carbocycles. The van der Waals surface area contributed by atoms with Crippen molar-refractivity contribution in [1.29, 1.82) is 0 Å². The molecule has 8 heteroatoms. The SMILES string of the molecule is OCCCNCc1noc(C(F)(F)F)n1. The molecule has 5 nitrogen and oxygen atoms in total. The van der Waals surface area contributed by atoms with E-state index in [0.717, 1.165) is 0 Å². The highest BCUT2D eigenvalue weighted by Crippen LogP contribution is 2.27. The van der Waals surface area contributed by atoms with Crippen LogP contribution >= 0.6 is 0 Å². The predicted molar refractivity (Wildman–Crippen MR) is 42.7 cm³/mol. The van der Waals surface area contributed by atoms with Gasteiger partial charge in [-0.1, -0.05) is 5.16 Å². The van der Waals surface area contributed by atoms with Crippen LogP contribution in [-0.2, 0) is 12.7 Å². The maximum absolute atomic E-state index is 12.0. The van der Waals surface area contributed by atoms with Crippen molar-refractivity contribution in [3.8, 4) is 0 Å². The first-order valence-electron chi connectivity index (χ1n) is 4.25. The van der Waals surface area contributed by atoms with Crippen molar-refractivity contribution >= 4 is 0 Å². The Balaban J connectivity index is 2.40. The lowest BCUT2D eigenvalue weighted by Gasteiger charge is -1.98. The number of hydrogen-bond donors (Lipinski definition) is 2. The Morgan fingerprint density at radius 3 is 2.67 bits per heavy atom. The molecule has 0 atom stereocenters. The largest absolute Gasteiger partial charge is 0.471 e. The molecule has 1 aromatic rings. The van der Waals surface area contributed by atoms with E-state index in [0.29, 0.717) is 13.0 Å². The van der Waals surface area contributed by atoms with Crippen LogP contribution in [0.25, 0.3) is 0 Å². The van der Waals surface area contributed by atoms with E-state index in [9.17, 15) is 13.2 Å². The van der Waals surface area contributed by atoms with Crippen LogP contribution in [-0.4, -0.2) is 28.4 Å². The van der Waals surface area contributed by atoms with Crippen LogP contribution in [0.4, 0.5) is 13.2 Å². The average Bonchev–Trinajstić information content (AvgIpc) is 2.60. The number of aromatic nitrogens is 2. The van der Waals surface area contributed by atoms with Crippen molar-refractivity contribution < 1.29 is 22.8 Å². The van der Waals surface area contributed by atoms with E-state index in [4.69, 9.17) is 5.11 Å². The van der Waals surface area contributed by atoms with Crippen molar-refractivity contribution in [3.63, 3.8) is 0 Å². The summed E-state index contributed by atoms with van der Waals surface area (Å²) in [5.74, 6) is -1.40. The minimum atomic E-state index is -4.60. The Kier molecular flexibility index (Phi) is 4.04. The molecule has 0 fully saturated rings. The van der Waals surface area contributed by atoms with E-state index in [-0.39, 0.29) is 19.0 Å². The highest BCUT2D eigenvalue weighted by atomic mass is 19.4. The van der Waals surface area contributed by atoms with Crippen molar-refractivity contribution in [1.82, 2.24) is 15.5 Å². The molecule has 0 unspecified atom stereocenters. The third-order valence-corrected chi connectivity index (χ3v) is 1.51. The van der Waals surface area contributed by atoms with E-state index in [1.54, 1.807) is 0 Å². The zero-order valence-corrected chi connectivity index (χ0v) is 7.71. The highest BCUT2D eigenvalue weighted by molar-refractivity contribution is 4.89.